The van der Waals surface area contributed by atoms with Gasteiger partial charge in [-0.3, -0.25) is 4.79 Å². The second kappa shape index (κ2) is 2.45. The Labute approximate surface area is 73.8 Å². The molecule has 12 heavy (non-hydrogen) atoms. The SMILES string of the molecule is CC(C)[C@@]12C=C[C@@H](CC1)CC2=O. The van der Waals surface area contributed by atoms with Gasteiger partial charge in [-0.15, -0.1) is 0 Å². The van der Waals surface area contributed by atoms with Crippen LogP contribution in [0.4, 0.5) is 0 Å². The van der Waals surface area contributed by atoms with Crippen LogP contribution in [0.25, 0.3) is 0 Å². The summed E-state index contributed by atoms with van der Waals surface area (Å²) in [5.41, 5.74) is -0.0747. The van der Waals surface area contributed by atoms with Gasteiger partial charge in [-0.2, -0.15) is 0 Å². The van der Waals surface area contributed by atoms with E-state index in [4.69, 9.17) is 0 Å². The second-order valence-corrected chi connectivity index (χ2v) is 4.48. The average Bonchev–Trinajstić information content (AvgIpc) is 2.05. The Morgan fingerprint density at radius 2 is 2.33 bits per heavy atom. The molecule has 0 amide bonds. The Hall–Kier alpha value is -0.590. The van der Waals surface area contributed by atoms with Crippen molar-refractivity contribution >= 4 is 5.78 Å². The van der Waals surface area contributed by atoms with Gasteiger partial charge in [0.25, 0.3) is 0 Å². The smallest absolute Gasteiger partial charge is 0.143 e. The average molecular weight is 164 g/mol. The van der Waals surface area contributed by atoms with Crippen LogP contribution in [0.1, 0.15) is 33.1 Å². The van der Waals surface area contributed by atoms with E-state index in [1.807, 2.05) is 0 Å². The zero-order valence-electron chi connectivity index (χ0n) is 7.84. The molecule has 66 valence electrons. The molecule has 0 heterocycles. The Morgan fingerprint density at radius 1 is 1.58 bits per heavy atom. The lowest BCUT2D eigenvalue weighted by molar-refractivity contribution is -0.132. The molecule has 0 N–H and O–H groups in total. The van der Waals surface area contributed by atoms with Crippen molar-refractivity contribution in [2.24, 2.45) is 17.3 Å². The van der Waals surface area contributed by atoms with Crippen LogP contribution in [-0.4, -0.2) is 5.78 Å². The molecule has 0 aromatic carbocycles. The number of allylic oxidation sites excluding steroid dienone is 2. The Bertz CT molecular complexity index is 239. The van der Waals surface area contributed by atoms with E-state index in [0.717, 1.165) is 12.8 Å². The molecule has 0 spiro atoms. The van der Waals surface area contributed by atoms with Crippen LogP contribution in [0.2, 0.25) is 0 Å². The van der Waals surface area contributed by atoms with Crippen LogP contribution in [-0.2, 0) is 4.79 Å². The third-order valence-corrected chi connectivity index (χ3v) is 3.59. The summed E-state index contributed by atoms with van der Waals surface area (Å²) < 4.78 is 0. The summed E-state index contributed by atoms with van der Waals surface area (Å²) in [5.74, 6) is 1.52. The van der Waals surface area contributed by atoms with Gasteiger partial charge in [0.15, 0.2) is 0 Å². The highest BCUT2D eigenvalue weighted by molar-refractivity contribution is 5.89. The summed E-state index contributed by atoms with van der Waals surface area (Å²) in [4.78, 5) is 11.8. The number of rotatable bonds is 1. The van der Waals surface area contributed by atoms with E-state index in [0.29, 0.717) is 17.6 Å². The van der Waals surface area contributed by atoms with E-state index in [1.165, 1.54) is 6.42 Å². The Kier molecular flexibility index (Phi) is 1.64. The van der Waals surface area contributed by atoms with E-state index >= 15 is 0 Å². The molecule has 1 saturated carbocycles. The molecule has 0 aliphatic heterocycles. The lowest BCUT2D eigenvalue weighted by Crippen LogP contribution is -2.42. The normalized spacial score (nSPS) is 39.6. The number of Topliss-reactive ketones (excluding diaryl/α,β-unsaturated/α-hetero) is 1. The maximum Gasteiger partial charge on any atom is 0.143 e. The first kappa shape index (κ1) is 8.03. The first-order chi connectivity index (χ1) is 5.65. The van der Waals surface area contributed by atoms with Gasteiger partial charge >= 0.3 is 0 Å². The predicted molar refractivity (Wildman–Crippen MR) is 48.8 cm³/mol. The van der Waals surface area contributed by atoms with E-state index in [9.17, 15) is 4.79 Å². The van der Waals surface area contributed by atoms with Gasteiger partial charge in [0.2, 0.25) is 0 Å². The molecule has 0 saturated heterocycles. The standard InChI is InChI=1S/C11H16O/c1-8(2)11-5-3-9(4-6-11)7-10(11)12/h3,5,8-9H,4,6-7H2,1-2H3/t9-,11+/m0/s1. The van der Waals surface area contributed by atoms with Crippen molar-refractivity contribution in [2.75, 3.05) is 0 Å². The van der Waals surface area contributed by atoms with Gasteiger partial charge in [0.05, 0.1) is 0 Å². The number of ketones is 1. The molecule has 0 aromatic heterocycles. The van der Waals surface area contributed by atoms with Gasteiger partial charge in [-0.1, -0.05) is 26.0 Å². The van der Waals surface area contributed by atoms with Crippen LogP contribution < -0.4 is 0 Å². The van der Waals surface area contributed by atoms with Crippen molar-refractivity contribution in [1.29, 1.82) is 0 Å². The van der Waals surface area contributed by atoms with Gasteiger partial charge in [-0.05, 0) is 24.7 Å². The first-order valence-corrected chi connectivity index (χ1v) is 4.88. The van der Waals surface area contributed by atoms with Crippen LogP contribution in [0.3, 0.4) is 0 Å². The Morgan fingerprint density at radius 3 is 2.67 bits per heavy atom. The monoisotopic (exact) mass is 164 g/mol. The number of hydrogen-bond acceptors (Lipinski definition) is 1. The molecule has 3 rings (SSSR count). The highest BCUT2D eigenvalue weighted by Gasteiger charge is 2.45. The molecule has 0 aromatic rings. The molecule has 1 heteroatoms. The van der Waals surface area contributed by atoms with E-state index in [-0.39, 0.29) is 5.41 Å². The largest absolute Gasteiger partial charge is 0.299 e. The third kappa shape index (κ3) is 0.886. The van der Waals surface area contributed by atoms with Gasteiger partial charge in [0.1, 0.15) is 5.78 Å². The second-order valence-electron chi connectivity index (χ2n) is 4.48. The van der Waals surface area contributed by atoms with Crippen molar-refractivity contribution in [1.82, 2.24) is 0 Å². The molecule has 1 nitrogen and oxygen atoms in total. The van der Waals surface area contributed by atoms with Crippen LogP contribution >= 0.6 is 0 Å². The zero-order valence-corrected chi connectivity index (χ0v) is 7.84. The van der Waals surface area contributed by atoms with Crippen LogP contribution in [0.15, 0.2) is 12.2 Å². The quantitative estimate of drug-likeness (QED) is 0.544. The number of carbonyl (C=O) groups excluding carboxylic acids is 1. The molecule has 2 atom stereocenters. The minimum absolute atomic E-state index is 0.0747. The minimum atomic E-state index is -0.0747. The topological polar surface area (TPSA) is 17.1 Å². The lowest BCUT2D eigenvalue weighted by atomic mass is 9.59. The molecular formula is C11H16O. The Balaban J connectivity index is 2.38. The summed E-state index contributed by atoms with van der Waals surface area (Å²) >= 11 is 0. The maximum atomic E-state index is 11.8. The number of carbonyl (C=O) groups is 1. The molecule has 1 fully saturated rings. The fraction of sp³-hybridized carbons (Fsp3) is 0.727. The molecule has 2 bridgehead atoms. The van der Waals surface area contributed by atoms with Crippen LogP contribution in [0.5, 0.6) is 0 Å². The van der Waals surface area contributed by atoms with Gasteiger partial charge in [0, 0.05) is 11.8 Å². The van der Waals surface area contributed by atoms with Crippen molar-refractivity contribution < 1.29 is 4.79 Å². The zero-order chi connectivity index (χ0) is 8.77. The summed E-state index contributed by atoms with van der Waals surface area (Å²) in [6.45, 7) is 4.32. The van der Waals surface area contributed by atoms with Crippen molar-refractivity contribution in [2.45, 2.75) is 33.1 Å². The lowest BCUT2D eigenvalue weighted by Gasteiger charge is -2.43. The van der Waals surface area contributed by atoms with E-state index in [1.54, 1.807) is 0 Å². The van der Waals surface area contributed by atoms with Crippen molar-refractivity contribution in [3.05, 3.63) is 12.2 Å². The fourth-order valence-corrected chi connectivity index (χ4v) is 2.55. The summed E-state index contributed by atoms with van der Waals surface area (Å²) in [7, 11) is 0. The summed E-state index contributed by atoms with van der Waals surface area (Å²) in [6.07, 6.45) is 7.54. The van der Waals surface area contributed by atoms with Gasteiger partial charge < -0.3 is 0 Å². The fourth-order valence-electron chi connectivity index (χ4n) is 2.55. The highest BCUT2D eigenvalue weighted by Crippen LogP contribution is 2.47. The minimum Gasteiger partial charge on any atom is -0.299 e. The molecule has 3 aliphatic carbocycles. The highest BCUT2D eigenvalue weighted by atomic mass is 16.1. The van der Waals surface area contributed by atoms with E-state index in [2.05, 4.69) is 26.0 Å². The molecule has 3 aliphatic rings. The maximum absolute atomic E-state index is 11.8. The molecule has 0 radical (unpaired) electrons. The summed E-state index contributed by atoms with van der Waals surface area (Å²) in [5, 5.41) is 0. The van der Waals surface area contributed by atoms with Crippen molar-refractivity contribution in [3.8, 4) is 0 Å². The van der Waals surface area contributed by atoms with Gasteiger partial charge in [-0.25, -0.2) is 0 Å². The van der Waals surface area contributed by atoms with E-state index < -0.39 is 0 Å². The molecular weight excluding hydrogens is 148 g/mol. The molecule has 0 unspecified atom stereocenters. The number of hydrogen-bond donors (Lipinski definition) is 0. The predicted octanol–water partition coefficient (Wildman–Crippen LogP) is 2.57. The third-order valence-electron chi connectivity index (χ3n) is 3.59. The summed E-state index contributed by atoms with van der Waals surface area (Å²) in [6, 6.07) is 0. The first-order valence-electron chi connectivity index (χ1n) is 4.88. The van der Waals surface area contributed by atoms with Crippen LogP contribution in [0, 0.1) is 17.3 Å². The van der Waals surface area contributed by atoms with Crippen molar-refractivity contribution in [3.63, 3.8) is 0 Å². The number of fused-ring (bicyclic) bond motifs is 2.